The molecule has 1 N–H and O–H groups in total. The van der Waals surface area contributed by atoms with E-state index in [0.29, 0.717) is 0 Å². The van der Waals surface area contributed by atoms with Crippen molar-refractivity contribution in [3.63, 3.8) is 0 Å². The van der Waals surface area contributed by atoms with Gasteiger partial charge >= 0.3 is 6.18 Å². The maximum atomic E-state index is 12.7. The lowest BCUT2D eigenvalue weighted by atomic mass is 10.1. The first-order valence-electron chi connectivity index (χ1n) is 7.17. The van der Waals surface area contributed by atoms with Crippen molar-refractivity contribution >= 4 is 22.4 Å². The summed E-state index contributed by atoms with van der Waals surface area (Å²) in [5.74, 6) is -0.366. The highest BCUT2D eigenvalue weighted by Crippen LogP contribution is 2.30. The Bertz CT molecular complexity index is 681. The van der Waals surface area contributed by atoms with E-state index in [1.54, 1.807) is 0 Å². The minimum atomic E-state index is -4.48. The molecule has 0 unspecified atom stereocenters. The Labute approximate surface area is 135 Å². The summed E-state index contributed by atoms with van der Waals surface area (Å²) in [6.45, 7) is 4.08. The summed E-state index contributed by atoms with van der Waals surface area (Å²) in [5.41, 5.74) is -0.931. The summed E-state index contributed by atoms with van der Waals surface area (Å²) >= 11 is 1.25. The van der Waals surface area contributed by atoms with Crippen LogP contribution in [-0.2, 0) is 6.18 Å². The molecular formula is C15H16F3N3OS. The van der Waals surface area contributed by atoms with Crippen LogP contribution in [0.5, 0.6) is 0 Å². The molecular weight excluding hydrogens is 327 g/mol. The van der Waals surface area contributed by atoms with Gasteiger partial charge in [-0.15, -0.1) is 10.2 Å². The molecule has 23 heavy (non-hydrogen) atoms. The molecule has 0 saturated heterocycles. The Morgan fingerprint density at radius 2 is 1.96 bits per heavy atom. The summed E-state index contributed by atoms with van der Waals surface area (Å²) < 4.78 is 38.0. The van der Waals surface area contributed by atoms with Crippen LogP contribution in [0.2, 0.25) is 0 Å². The SMILES string of the molecule is CCC(CC)c1nnc(NC(=O)c2cccc(C(F)(F)F)c2)s1. The molecule has 4 nitrogen and oxygen atoms in total. The van der Waals surface area contributed by atoms with Gasteiger partial charge in [-0.05, 0) is 31.0 Å². The number of hydrogen-bond donors (Lipinski definition) is 1. The highest BCUT2D eigenvalue weighted by Gasteiger charge is 2.31. The third-order valence-corrected chi connectivity index (χ3v) is 4.45. The second kappa shape index (κ2) is 7.08. The average molecular weight is 343 g/mol. The highest BCUT2D eigenvalue weighted by atomic mass is 32.1. The van der Waals surface area contributed by atoms with Crippen LogP contribution in [0.25, 0.3) is 0 Å². The number of amides is 1. The first kappa shape index (κ1) is 17.4. The van der Waals surface area contributed by atoms with Gasteiger partial charge in [0, 0.05) is 11.5 Å². The molecule has 0 spiro atoms. The predicted octanol–water partition coefficient (Wildman–Crippen LogP) is 4.71. The summed E-state index contributed by atoms with van der Waals surface area (Å²) in [6, 6.07) is 4.27. The van der Waals surface area contributed by atoms with E-state index in [1.807, 2.05) is 13.8 Å². The minimum absolute atomic E-state index is 0.0703. The number of nitrogens with one attached hydrogen (secondary N) is 1. The first-order chi connectivity index (χ1) is 10.8. The molecule has 0 aliphatic heterocycles. The average Bonchev–Trinajstić information content (AvgIpc) is 2.96. The Kier molecular flexibility index (Phi) is 5.35. The summed E-state index contributed by atoms with van der Waals surface area (Å²) in [5, 5.41) is 11.5. The zero-order valence-corrected chi connectivity index (χ0v) is 13.5. The van der Waals surface area contributed by atoms with Gasteiger partial charge < -0.3 is 0 Å². The zero-order chi connectivity index (χ0) is 17.0. The van der Waals surface area contributed by atoms with Crippen LogP contribution in [-0.4, -0.2) is 16.1 Å². The summed E-state index contributed by atoms with van der Waals surface area (Å²) in [7, 11) is 0. The fourth-order valence-corrected chi connectivity index (χ4v) is 3.10. The number of rotatable bonds is 5. The molecule has 0 aliphatic carbocycles. The summed E-state index contributed by atoms with van der Waals surface area (Å²) in [6.07, 6.45) is -2.67. The van der Waals surface area contributed by atoms with Gasteiger partial charge in [0.25, 0.3) is 5.91 Å². The Morgan fingerprint density at radius 1 is 1.26 bits per heavy atom. The number of carbonyl (C=O) groups excluding carboxylic acids is 1. The molecule has 1 aromatic heterocycles. The molecule has 124 valence electrons. The fourth-order valence-electron chi connectivity index (χ4n) is 2.09. The zero-order valence-electron chi connectivity index (χ0n) is 12.6. The van der Waals surface area contributed by atoms with Crippen LogP contribution in [0.4, 0.5) is 18.3 Å². The quantitative estimate of drug-likeness (QED) is 0.855. The normalized spacial score (nSPS) is 11.7. The molecule has 0 radical (unpaired) electrons. The van der Waals surface area contributed by atoms with Gasteiger partial charge in [-0.1, -0.05) is 31.3 Å². The Morgan fingerprint density at radius 3 is 2.57 bits per heavy atom. The standard InChI is InChI=1S/C15H16F3N3OS/c1-3-9(4-2)13-20-21-14(23-13)19-12(22)10-6-5-7-11(8-10)15(16,17)18/h5-9H,3-4H2,1-2H3,(H,19,21,22). The third kappa shape index (κ3) is 4.28. The predicted molar refractivity (Wildman–Crippen MR) is 82.6 cm³/mol. The van der Waals surface area contributed by atoms with Gasteiger partial charge in [0.1, 0.15) is 5.01 Å². The van der Waals surface area contributed by atoms with Crippen LogP contribution in [0.15, 0.2) is 24.3 Å². The van der Waals surface area contributed by atoms with Gasteiger partial charge in [0.2, 0.25) is 5.13 Å². The van der Waals surface area contributed by atoms with E-state index < -0.39 is 17.6 Å². The molecule has 0 bridgehead atoms. The molecule has 8 heteroatoms. The van der Waals surface area contributed by atoms with Crippen molar-refractivity contribution in [3.05, 3.63) is 40.4 Å². The van der Waals surface area contributed by atoms with E-state index >= 15 is 0 Å². The minimum Gasteiger partial charge on any atom is -0.296 e. The van der Waals surface area contributed by atoms with E-state index in [4.69, 9.17) is 0 Å². The molecule has 1 amide bonds. The van der Waals surface area contributed by atoms with Crippen LogP contribution >= 0.6 is 11.3 Å². The molecule has 0 fully saturated rings. The van der Waals surface area contributed by atoms with E-state index in [9.17, 15) is 18.0 Å². The molecule has 0 atom stereocenters. The van der Waals surface area contributed by atoms with Gasteiger partial charge in [-0.3, -0.25) is 10.1 Å². The maximum absolute atomic E-state index is 12.7. The molecule has 1 aromatic carbocycles. The van der Waals surface area contributed by atoms with E-state index in [0.717, 1.165) is 30.0 Å². The van der Waals surface area contributed by atoms with Crippen molar-refractivity contribution in [3.8, 4) is 0 Å². The van der Waals surface area contributed by atoms with Crippen LogP contribution in [0.3, 0.4) is 0 Å². The number of alkyl halides is 3. The van der Waals surface area contributed by atoms with Gasteiger partial charge in [0.05, 0.1) is 5.56 Å². The van der Waals surface area contributed by atoms with E-state index in [-0.39, 0.29) is 16.6 Å². The fraction of sp³-hybridized carbons (Fsp3) is 0.400. The van der Waals surface area contributed by atoms with Gasteiger partial charge in [0.15, 0.2) is 0 Å². The lowest BCUT2D eigenvalue weighted by Crippen LogP contribution is -2.13. The number of aromatic nitrogens is 2. The van der Waals surface area contributed by atoms with Crippen molar-refractivity contribution in [2.45, 2.75) is 38.8 Å². The van der Waals surface area contributed by atoms with Crippen LogP contribution in [0, 0.1) is 0 Å². The second-order valence-electron chi connectivity index (χ2n) is 4.99. The van der Waals surface area contributed by atoms with E-state index in [1.165, 1.54) is 23.5 Å². The van der Waals surface area contributed by atoms with Crippen LogP contribution < -0.4 is 5.32 Å². The molecule has 0 aliphatic rings. The maximum Gasteiger partial charge on any atom is 0.416 e. The number of benzene rings is 1. The van der Waals surface area contributed by atoms with Gasteiger partial charge in [-0.25, -0.2) is 0 Å². The first-order valence-corrected chi connectivity index (χ1v) is 7.98. The molecule has 2 rings (SSSR count). The van der Waals surface area contributed by atoms with Crippen molar-refractivity contribution in [1.29, 1.82) is 0 Å². The van der Waals surface area contributed by atoms with Gasteiger partial charge in [-0.2, -0.15) is 13.2 Å². The third-order valence-electron chi connectivity index (χ3n) is 3.45. The summed E-state index contributed by atoms with van der Waals surface area (Å²) in [4.78, 5) is 12.1. The van der Waals surface area contributed by atoms with Crippen molar-refractivity contribution in [2.75, 3.05) is 5.32 Å². The lowest BCUT2D eigenvalue weighted by molar-refractivity contribution is -0.137. The molecule has 1 heterocycles. The van der Waals surface area contributed by atoms with Crippen molar-refractivity contribution in [1.82, 2.24) is 10.2 Å². The Balaban J connectivity index is 2.14. The number of carbonyl (C=O) groups is 1. The van der Waals surface area contributed by atoms with Crippen molar-refractivity contribution < 1.29 is 18.0 Å². The van der Waals surface area contributed by atoms with E-state index in [2.05, 4.69) is 15.5 Å². The number of anilines is 1. The Hall–Kier alpha value is -1.96. The second-order valence-corrected chi connectivity index (χ2v) is 6.00. The largest absolute Gasteiger partial charge is 0.416 e. The highest BCUT2D eigenvalue weighted by molar-refractivity contribution is 7.15. The number of hydrogen-bond acceptors (Lipinski definition) is 4. The smallest absolute Gasteiger partial charge is 0.296 e. The van der Waals surface area contributed by atoms with Crippen molar-refractivity contribution in [2.24, 2.45) is 0 Å². The number of halogens is 3. The number of nitrogens with zero attached hydrogens (tertiary/aromatic N) is 2. The monoisotopic (exact) mass is 343 g/mol. The lowest BCUT2D eigenvalue weighted by Gasteiger charge is -2.08. The molecule has 0 saturated carbocycles. The van der Waals surface area contributed by atoms with Crippen LogP contribution in [0.1, 0.15) is 53.5 Å². The molecule has 2 aromatic rings. The topological polar surface area (TPSA) is 54.9 Å².